The number of para-hydroxylation sites is 3. The minimum absolute atomic E-state index is 0.452. The summed E-state index contributed by atoms with van der Waals surface area (Å²) in [6.45, 7) is 0. The van der Waals surface area contributed by atoms with Gasteiger partial charge in [-0.15, -0.1) is 0 Å². The average Bonchev–Trinajstić information content (AvgIpc) is 1.63. The van der Waals surface area contributed by atoms with E-state index in [1.807, 2.05) is 18.2 Å². The van der Waals surface area contributed by atoms with Gasteiger partial charge in [0.2, 0.25) is 11.9 Å². The van der Waals surface area contributed by atoms with Gasteiger partial charge >= 0.3 is 0 Å². The molecule has 0 N–H and O–H groups in total. The van der Waals surface area contributed by atoms with E-state index in [1.54, 1.807) is 0 Å². The molecule has 17 rings (SSSR count). The monoisotopic (exact) mass is 1190 g/mol. The van der Waals surface area contributed by atoms with Gasteiger partial charge < -0.3 is 4.57 Å². The van der Waals surface area contributed by atoms with Gasteiger partial charge in [0, 0.05) is 43.6 Å². The second kappa shape index (κ2) is 21.8. The third-order valence-electron chi connectivity index (χ3n) is 18.6. The molecule has 9 heteroatoms. The molecule has 7 nitrogen and oxygen atoms in total. The van der Waals surface area contributed by atoms with Crippen LogP contribution in [0.1, 0.15) is 5.56 Å². The Morgan fingerprint density at radius 3 is 1.22 bits per heavy atom. The van der Waals surface area contributed by atoms with Gasteiger partial charge in [-0.25, -0.2) is 0 Å². The largest absolute Gasteiger partial charge is 0.309 e. The summed E-state index contributed by atoms with van der Waals surface area (Å²) in [4.78, 5) is 17.4. The maximum Gasteiger partial charge on any atom is 0.240 e. The van der Waals surface area contributed by atoms with Gasteiger partial charge in [0.15, 0.2) is 22.0 Å². The zero-order chi connectivity index (χ0) is 60.5. The highest BCUT2D eigenvalue weighted by Gasteiger charge is 2.43. The number of fused-ring (bicyclic) bond motifs is 10. The molecule has 0 spiro atoms. The third kappa shape index (κ3) is 8.35. The van der Waals surface area contributed by atoms with Crippen molar-refractivity contribution in [3.05, 3.63) is 339 Å². The maximum absolute atomic E-state index is 10.3. The molecule has 91 heavy (non-hydrogen) atoms. The van der Waals surface area contributed by atoms with E-state index >= 15 is 0 Å². The van der Waals surface area contributed by atoms with Crippen molar-refractivity contribution in [2.75, 3.05) is 0 Å². The van der Waals surface area contributed by atoms with Crippen LogP contribution in [0.2, 0.25) is 0 Å². The molecule has 0 aliphatic heterocycles. The molecular weight excluding hydrogens is 1140 g/mol. The number of hydrogen-bond acceptors (Lipinski definition) is 4. The molecule has 4 aromatic heterocycles. The van der Waals surface area contributed by atoms with Gasteiger partial charge in [0.05, 0.1) is 44.7 Å². The number of nitrogens with zero attached hydrogens (tertiary/aromatic N) is 7. The smallest absolute Gasteiger partial charge is 0.240 e. The summed E-state index contributed by atoms with van der Waals surface area (Å²) in [5, 5.41) is 26.8. The molecule has 0 fully saturated rings. The van der Waals surface area contributed by atoms with E-state index in [4.69, 9.17) is 15.0 Å². The molecule has 4 heterocycles. The number of hydrogen-bond donors (Lipinski definition) is 0. The summed E-state index contributed by atoms with van der Waals surface area (Å²) in [7, 11) is -6.08. The molecule has 0 unspecified atom stereocenters. The van der Waals surface area contributed by atoms with E-state index in [0.717, 1.165) is 76.7 Å². The summed E-state index contributed by atoms with van der Waals surface area (Å²) in [6, 6.07) is 123. The van der Waals surface area contributed by atoms with Crippen molar-refractivity contribution in [1.29, 1.82) is 5.26 Å². The van der Waals surface area contributed by atoms with E-state index in [2.05, 4.69) is 335 Å². The van der Waals surface area contributed by atoms with Gasteiger partial charge in [-0.2, -0.15) is 20.2 Å². The van der Waals surface area contributed by atoms with E-state index in [1.165, 1.54) is 41.5 Å². The minimum Gasteiger partial charge on any atom is -0.309 e. The fourth-order valence-corrected chi connectivity index (χ4v) is 24.4. The summed E-state index contributed by atoms with van der Waals surface area (Å²) in [5.74, 6) is 1.44. The van der Waals surface area contributed by atoms with Crippen LogP contribution in [0.4, 0.5) is 0 Å². The highest BCUT2D eigenvalue weighted by molar-refractivity contribution is 7.20. The number of aromatic nitrogens is 6. The van der Waals surface area contributed by atoms with Crippen LogP contribution in [0.25, 0.3) is 94.4 Å². The van der Waals surface area contributed by atoms with Crippen molar-refractivity contribution in [2.45, 2.75) is 0 Å². The molecular formula is C82H55N7Si2. The first kappa shape index (κ1) is 53.4. The van der Waals surface area contributed by atoms with Gasteiger partial charge in [0.1, 0.15) is 0 Å². The molecule has 0 saturated carbocycles. The van der Waals surface area contributed by atoms with Crippen LogP contribution in [-0.4, -0.2) is 44.8 Å². The molecule has 13 aromatic carbocycles. The standard InChI is InChI=1S/C82H55N7Si2/c83-56-57-47-50-75-71(53-57)68-43-22-24-45-73(68)88(75)81-84-80(58-27-26-42-66(54-58)90(60-30-10-2-11-31-60,61-32-12-3-13-33-61)62-34-14-4-15-35-62)85-82(86-81)89-76-51-48-67(91(63-36-16-5-17-37-63,64-38-18-6-19-39-64)65-40-20-7-21-41-65)55-72(76)69-49-52-77-78(79(69)89)70-44-23-25-46-74(70)87(77)59-28-8-1-9-29-59/h1-55H. The fourth-order valence-electron chi connectivity index (χ4n) is 14.8. The second-order valence-corrected chi connectivity index (χ2v) is 31.0. The lowest BCUT2D eigenvalue weighted by Crippen LogP contribution is -2.74. The highest BCUT2D eigenvalue weighted by atomic mass is 28.3. The normalized spacial score (nSPS) is 11.9. The lowest BCUT2D eigenvalue weighted by molar-refractivity contribution is 0.894. The van der Waals surface area contributed by atoms with Crippen LogP contribution < -0.4 is 41.5 Å². The summed E-state index contributed by atoms with van der Waals surface area (Å²) in [5.41, 5.74) is 8.40. The van der Waals surface area contributed by atoms with Crippen molar-refractivity contribution < 1.29 is 0 Å². The van der Waals surface area contributed by atoms with E-state index in [9.17, 15) is 5.26 Å². The van der Waals surface area contributed by atoms with Crippen LogP contribution in [0.15, 0.2) is 334 Å². The van der Waals surface area contributed by atoms with Crippen molar-refractivity contribution in [1.82, 2.24) is 28.7 Å². The van der Waals surface area contributed by atoms with Gasteiger partial charge in [-0.05, 0) is 96.1 Å². The molecule has 0 bridgehead atoms. The highest BCUT2D eigenvalue weighted by Crippen LogP contribution is 2.42. The first-order valence-electron chi connectivity index (χ1n) is 30.8. The Morgan fingerprint density at radius 2 is 0.681 bits per heavy atom. The van der Waals surface area contributed by atoms with E-state index in [-0.39, 0.29) is 0 Å². The van der Waals surface area contributed by atoms with Crippen LogP contribution in [0.3, 0.4) is 0 Å². The molecule has 0 amide bonds. The predicted octanol–water partition coefficient (Wildman–Crippen LogP) is 13.5. The SMILES string of the molecule is N#Cc1ccc2c(c1)c1ccccc1n2-c1nc(-c2cccc([Si](c3ccccc3)(c3ccccc3)c3ccccc3)c2)nc(-n2c3ccc([Si](c4ccccc4)(c4ccccc4)c4ccccc4)cc3c3ccc4c(c5ccccc5n4-c4ccccc4)c32)n1. The molecule has 0 atom stereocenters. The van der Waals surface area contributed by atoms with Crippen molar-refractivity contribution in [2.24, 2.45) is 0 Å². The Balaban J connectivity index is 1.02. The molecule has 0 saturated heterocycles. The quantitative estimate of drug-likeness (QED) is 0.0902. The molecule has 0 radical (unpaired) electrons. The Labute approximate surface area is 528 Å². The number of nitriles is 1. The van der Waals surface area contributed by atoms with Crippen LogP contribution in [0.5, 0.6) is 0 Å². The predicted molar refractivity (Wildman–Crippen MR) is 380 cm³/mol. The average molecular weight is 1190 g/mol. The Kier molecular flexibility index (Phi) is 12.8. The van der Waals surface area contributed by atoms with Crippen LogP contribution >= 0.6 is 0 Å². The molecule has 0 aliphatic rings. The Hall–Kier alpha value is -11.8. The van der Waals surface area contributed by atoms with Crippen LogP contribution in [0, 0.1) is 11.3 Å². The second-order valence-electron chi connectivity index (χ2n) is 23.3. The van der Waals surface area contributed by atoms with E-state index in [0.29, 0.717) is 23.3 Å². The molecule has 17 aromatic rings. The summed E-state index contributed by atoms with van der Waals surface area (Å²) < 4.78 is 6.87. The topological polar surface area (TPSA) is 77.2 Å². The molecule has 426 valence electrons. The van der Waals surface area contributed by atoms with Crippen molar-refractivity contribution >= 4 is 123 Å². The van der Waals surface area contributed by atoms with Crippen LogP contribution in [-0.2, 0) is 0 Å². The van der Waals surface area contributed by atoms with Crippen molar-refractivity contribution in [3.63, 3.8) is 0 Å². The van der Waals surface area contributed by atoms with Crippen molar-refractivity contribution in [3.8, 4) is 35.0 Å². The lowest BCUT2D eigenvalue weighted by Gasteiger charge is -2.34. The molecule has 0 aliphatic carbocycles. The first-order valence-corrected chi connectivity index (χ1v) is 34.8. The third-order valence-corrected chi connectivity index (χ3v) is 28.2. The zero-order valence-corrected chi connectivity index (χ0v) is 51.4. The minimum atomic E-state index is -3.04. The Bertz CT molecular complexity index is 5460. The summed E-state index contributed by atoms with van der Waals surface area (Å²) >= 11 is 0. The first-order chi connectivity index (χ1) is 45.1. The lowest BCUT2D eigenvalue weighted by atomic mass is 10.1. The fraction of sp³-hybridized carbons (Fsp3) is 0. The number of benzene rings is 13. The van der Waals surface area contributed by atoms with E-state index < -0.39 is 16.1 Å². The van der Waals surface area contributed by atoms with Gasteiger partial charge in [0.25, 0.3) is 0 Å². The zero-order valence-electron chi connectivity index (χ0n) is 49.4. The Morgan fingerprint density at radius 1 is 0.275 bits per heavy atom. The summed E-state index contributed by atoms with van der Waals surface area (Å²) in [6.07, 6.45) is 0. The van der Waals surface area contributed by atoms with Gasteiger partial charge in [-0.1, -0.05) is 279 Å². The number of rotatable bonds is 12. The van der Waals surface area contributed by atoms with Gasteiger partial charge in [-0.3, -0.25) is 9.13 Å². The maximum atomic E-state index is 10.3.